The molecule has 0 unspecified atom stereocenters. The molecule has 0 atom stereocenters. The van der Waals surface area contributed by atoms with E-state index in [1.807, 2.05) is 6.07 Å². The third kappa shape index (κ3) is 3.16. The predicted molar refractivity (Wildman–Crippen MR) is 80.0 cm³/mol. The van der Waals surface area contributed by atoms with Gasteiger partial charge in [-0.25, -0.2) is 0 Å². The van der Waals surface area contributed by atoms with Crippen molar-refractivity contribution in [3.8, 4) is 12.1 Å². The lowest BCUT2D eigenvalue weighted by atomic mass is 10.1. The highest BCUT2D eigenvalue weighted by atomic mass is 79.9. The van der Waals surface area contributed by atoms with Gasteiger partial charge in [-0.15, -0.1) is 0 Å². The molecule has 0 fully saturated rings. The number of hydrogen-bond donors (Lipinski definition) is 1. The monoisotopic (exact) mass is 342 g/mol. The highest BCUT2D eigenvalue weighted by Crippen LogP contribution is 2.27. The number of hydrogen-bond acceptors (Lipinski definition) is 5. The molecule has 0 aliphatic carbocycles. The molecule has 2 aromatic rings. The van der Waals surface area contributed by atoms with Crippen LogP contribution in [0.15, 0.2) is 40.9 Å². The van der Waals surface area contributed by atoms with Gasteiger partial charge < -0.3 is 5.32 Å². The van der Waals surface area contributed by atoms with Gasteiger partial charge in [0.1, 0.15) is 17.7 Å². The van der Waals surface area contributed by atoms with Gasteiger partial charge in [0.05, 0.1) is 16.2 Å². The summed E-state index contributed by atoms with van der Waals surface area (Å²) in [7, 11) is 0. The lowest BCUT2D eigenvalue weighted by molar-refractivity contribution is -0.385. The normalized spacial score (nSPS) is 9.48. The minimum atomic E-state index is -0.615. The van der Waals surface area contributed by atoms with Crippen LogP contribution in [0.3, 0.4) is 0 Å². The first-order valence-electron chi connectivity index (χ1n) is 5.70. The maximum Gasteiger partial charge on any atom is 0.289 e. The second-order valence-electron chi connectivity index (χ2n) is 4.03. The fourth-order valence-corrected chi connectivity index (χ4v) is 2.09. The average molecular weight is 343 g/mol. The van der Waals surface area contributed by atoms with Crippen molar-refractivity contribution in [1.29, 1.82) is 10.5 Å². The summed E-state index contributed by atoms with van der Waals surface area (Å²) < 4.78 is 0.760. The summed E-state index contributed by atoms with van der Waals surface area (Å²) in [6.07, 6.45) is 0. The van der Waals surface area contributed by atoms with Gasteiger partial charge in [-0.3, -0.25) is 10.1 Å². The minimum absolute atomic E-state index is 0.0122. The van der Waals surface area contributed by atoms with Crippen LogP contribution in [-0.4, -0.2) is 4.92 Å². The molecule has 21 heavy (non-hydrogen) atoms. The third-order valence-electron chi connectivity index (χ3n) is 2.70. The molecule has 2 rings (SSSR count). The fourth-order valence-electron chi connectivity index (χ4n) is 1.73. The smallest absolute Gasteiger partial charge is 0.289 e. The quantitative estimate of drug-likeness (QED) is 0.674. The van der Waals surface area contributed by atoms with Crippen molar-refractivity contribution < 1.29 is 4.92 Å². The van der Waals surface area contributed by atoms with Crippen LogP contribution in [0.2, 0.25) is 0 Å². The van der Waals surface area contributed by atoms with E-state index in [1.54, 1.807) is 30.3 Å². The lowest BCUT2D eigenvalue weighted by Gasteiger charge is -2.08. The topological polar surface area (TPSA) is 103 Å². The maximum absolute atomic E-state index is 10.9. The van der Waals surface area contributed by atoms with Crippen LogP contribution in [0.25, 0.3) is 0 Å². The number of nitro benzene ring substituents is 1. The molecule has 0 aliphatic heterocycles. The SMILES string of the molecule is N#Cc1cc(Br)ccc1Nc1ccc(C#N)c([N+](=O)[O-])c1. The number of rotatable bonds is 3. The van der Waals surface area contributed by atoms with E-state index in [1.165, 1.54) is 12.1 Å². The summed E-state index contributed by atoms with van der Waals surface area (Å²) in [6, 6.07) is 13.1. The molecule has 0 aromatic heterocycles. The Hall–Kier alpha value is -2.90. The van der Waals surface area contributed by atoms with Crippen LogP contribution in [0, 0.1) is 32.8 Å². The molecule has 2 aromatic carbocycles. The molecule has 0 radical (unpaired) electrons. The minimum Gasteiger partial charge on any atom is -0.354 e. The zero-order chi connectivity index (χ0) is 15.4. The largest absolute Gasteiger partial charge is 0.354 e. The van der Waals surface area contributed by atoms with Gasteiger partial charge in [0.25, 0.3) is 5.69 Å². The number of nitrogens with zero attached hydrogens (tertiary/aromatic N) is 3. The van der Waals surface area contributed by atoms with Gasteiger partial charge in [0.2, 0.25) is 0 Å². The van der Waals surface area contributed by atoms with Crippen LogP contribution in [0.4, 0.5) is 17.1 Å². The van der Waals surface area contributed by atoms with Gasteiger partial charge in [0, 0.05) is 16.2 Å². The molecule has 0 bridgehead atoms. The van der Waals surface area contributed by atoms with Gasteiger partial charge in [-0.2, -0.15) is 10.5 Å². The summed E-state index contributed by atoms with van der Waals surface area (Å²) in [5.41, 5.74) is 1.07. The van der Waals surface area contributed by atoms with E-state index in [2.05, 4.69) is 21.2 Å². The zero-order valence-corrected chi connectivity index (χ0v) is 12.1. The Kier molecular flexibility index (Phi) is 4.17. The van der Waals surface area contributed by atoms with E-state index in [0.717, 1.165) is 4.47 Å². The first kappa shape index (κ1) is 14.5. The van der Waals surface area contributed by atoms with E-state index in [0.29, 0.717) is 16.9 Å². The van der Waals surface area contributed by atoms with E-state index < -0.39 is 4.92 Å². The van der Waals surface area contributed by atoms with Gasteiger partial charge in [0.15, 0.2) is 0 Å². The summed E-state index contributed by atoms with van der Waals surface area (Å²) >= 11 is 3.27. The van der Waals surface area contributed by atoms with Crippen molar-refractivity contribution in [2.45, 2.75) is 0 Å². The first-order chi connectivity index (χ1) is 10.0. The van der Waals surface area contributed by atoms with Crippen molar-refractivity contribution in [2.24, 2.45) is 0 Å². The molecule has 0 saturated heterocycles. The Morgan fingerprint density at radius 1 is 1.10 bits per heavy atom. The predicted octanol–water partition coefficient (Wildman–Crippen LogP) is 3.84. The van der Waals surface area contributed by atoms with Crippen molar-refractivity contribution >= 4 is 33.0 Å². The average Bonchev–Trinajstić information content (AvgIpc) is 2.48. The number of nitriles is 2. The van der Waals surface area contributed by atoms with E-state index in [4.69, 9.17) is 10.5 Å². The van der Waals surface area contributed by atoms with Crippen molar-refractivity contribution in [1.82, 2.24) is 0 Å². The Morgan fingerprint density at radius 3 is 2.43 bits per heavy atom. The number of nitrogens with one attached hydrogen (secondary N) is 1. The van der Waals surface area contributed by atoms with E-state index >= 15 is 0 Å². The number of nitro groups is 1. The molecular formula is C14H7BrN4O2. The van der Waals surface area contributed by atoms with Gasteiger partial charge in [-0.1, -0.05) is 15.9 Å². The summed E-state index contributed by atoms with van der Waals surface area (Å²) in [4.78, 5) is 10.3. The van der Waals surface area contributed by atoms with Gasteiger partial charge in [-0.05, 0) is 30.3 Å². The zero-order valence-electron chi connectivity index (χ0n) is 10.5. The summed E-state index contributed by atoms with van der Waals surface area (Å²) in [5.74, 6) is 0. The molecular weight excluding hydrogens is 336 g/mol. The Morgan fingerprint density at radius 2 is 1.81 bits per heavy atom. The Labute approximate surface area is 128 Å². The molecule has 102 valence electrons. The molecule has 0 spiro atoms. The van der Waals surface area contributed by atoms with Crippen LogP contribution in [-0.2, 0) is 0 Å². The van der Waals surface area contributed by atoms with Crippen LogP contribution in [0.5, 0.6) is 0 Å². The van der Waals surface area contributed by atoms with Crippen LogP contribution in [0.1, 0.15) is 11.1 Å². The van der Waals surface area contributed by atoms with Gasteiger partial charge >= 0.3 is 0 Å². The molecule has 0 heterocycles. The van der Waals surface area contributed by atoms with Crippen molar-refractivity contribution in [2.75, 3.05) is 5.32 Å². The second-order valence-corrected chi connectivity index (χ2v) is 4.94. The van der Waals surface area contributed by atoms with E-state index in [-0.39, 0.29) is 11.3 Å². The van der Waals surface area contributed by atoms with Crippen LogP contribution < -0.4 is 5.32 Å². The molecule has 0 aliphatic rings. The molecule has 0 saturated carbocycles. The number of halogens is 1. The van der Waals surface area contributed by atoms with E-state index in [9.17, 15) is 10.1 Å². The Bertz CT molecular complexity index is 806. The van der Waals surface area contributed by atoms with Crippen molar-refractivity contribution in [3.05, 3.63) is 62.1 Å². The standard InChI is InChI=1S/C14H7BrN4O2/c15-11-2-4-13(10(5-11)8-17)18-12-3-1-9(7-16)14(6-12)19(20)21/h1-6,18H. The van der Waals surface area contributed by atoms with Crippen LogP contribution >= 0.6 is 15.9 Å². The maximum atomic E-state index is 10.9. The first-order valence-corrected chi connectivity index (χ1v) is 6.49. The fraction of sp³-hybridized carbons (Fsp3) is 0. The lowest BCUT2D eigenvalue weighted by Crippen LogP contribution is -1.97. The third-order valence-corrected chi connectivity index (χ3v) is 3.19. The Balaban J connectivity index is 2.42. The van der Waals surface area contributed by atoms with Crippen molar-refractivity contribution in [3.63, 3.8) is 0 Å². The summed E-state index contributed by atoms with van der Waals surface area (Å²) in [5, 5.41) is 31.8. The molecule has 7 heteroatoms. The number of anilines is 2. The molecule has 1 N–H and O–H groups in total. The number of benzene rings is 2. The molecule has 0 amide bonds. The second kappa shape index (κ2) is 6.04. The highest BCUT2D eigenvalue weighted by molar-refractivity contribution is 9.10. The molecule has 6 nitrogen and oxygen atoms in total. The summed E-state index contributed by atoms with van der Waals surface area (Å²) in [6.45, 7) is 0. The highest BCUT2D eigenvalue weighted by Gasteiger charge is 2.14.